The van der Waals surface area contributed by atoms with Gasteiger partial charge in [-0.05, 0) is 104 Å². The van der Waals surface area contributed by atoms with Gasteiger partial charge < -0.3 is 30.7 Å². The van der Waals surface area contributed by atoms with Crippen LogP contribution in [0.15, 0.2) is 111 Å². The van der Waals surface area contributed by atoms with Crippen LogP contribution in [0.3, 0.4) is 0 Å². The van der Waals surface area contributed by atoms with Crippen molar-refractivity contribution >= 4 is 127 Å². The molecule has 0 saturated heterocycles. The van der Waals surface area contributed by atoms with Crippen LogP contribution in [0.2, 0.25) is 10.0 Å². The molecule has 5 aromatic rings. The van der Waals surface area contributed by atoms with Crippen molar-refractivity contribution in [2.45, 2.75) is 50.0 Å². The van der Waals surface area contributed by atoms with E-state index in [4.69, 9.17) is 67.5 Å². The van der Waals surface area contributed by atoms with Gasteiger partial charge in [-0.25, -0.2) is 0 Å². The van der Waals surface area contributed by atoms with Crippen LogP contribution in [0.4, 0.5) is 34.1 Å². The molecule has 0 fully saturated rings. The average Bonchev–Trinajstić information content (AvgIpc) is 3.28. The van der Waals surface area contributed by atoms with Crippen LogP contribution >= 0.6 is 58.0 Å². The summed E-state index contributed by atoms with van der Waals surface area (Å²) < 4.78 is 10.7. The molecule has 348 valence electrons. The Balaban J connectivity index is 1.29. The minimum Gasteiger partial charge on any atom is -0.495 e. The van der Waals surface area contributed by atoms with Gasteiger partial charge in [0.05, 0.1) is 42.3 Å². The second-order valence-corrected chi connectivity index (χ2v) is 16.5. The van der Waals surface area contributed by atoms with E-state index < -0.39 is 52.7 Å². The summed E-state index contributed by atoms with van der Waals surface area (Å²) in [5, 5.41) is 26.4. The zero-order valence-electron chi connectivity index (χ0n) is 36.3. The second kappa shape index (κ2) is 23.8. The first-order valence-corrected chi connectivity index (χ1v) is 22.1. The number of Topliss-reactive ketones (excluding diaryl/α,β-unsaturated/α-hetero) is 2. The fraction of sp³-hybridized carbons (Fsp3) is 0.217. The Morgan fingerprint density at radius 2 is 1.04 bits per heavy atom. The minimum absolute atomic E-state index is 0.0688. The highest BCUT2D eigenvalue weighted by atomic mass is 35.5. The predicted molar refractivity (Wildman–Crippen MR) is 260 cm³/mol. The zero-order valence-corrected chi connectivity index (χ0v) is 40.0. The number of benzene rings is 5. The summed E-state index contributed by atoms with van der Waals surface area (Å²) in [5.41, 5.74) is 2.96. The third-order valence-corrected chi connectivity index (χ3v) is 10.8. The standard InChI is InChI=1S/C46H41Cl5N8O8/c1-23(49)35-20-32(52-45(64)39(24(2)60)58-56-33-16-28(14-30(50)18-33)43(62)54-41-26(21-47)8-6-10-37(41)66-4)12-13-36(35)53-46(65)40(25(3)61)59-57-34-17-29(15-31(51)19-34)44(63)55-42-27(22-48)9-7-11-38(42)67-5/h6-20,23,39-40H,21-22H2,1-5H3,(H,52,64)(H,53,65)(H,54,62)(H,55,63). The van der Waals surface area contributed by atoms with E-state index in [2.05, 4.69) is 41.7 Å². The molecular formula is C46H41Cl5N8O8. The van der Waals surface area contributed by atoms with Gasteiger partial charge in [-0.2, -0.15) is 20.5 Å². The molecule has 0 aliphatic heterocycles. The van der Waals surface area contributed by atoms with Gasteiger partial charge in [0, 0.05) is 44.3 Å². The largest absolute Gasteiger partial charge is 0.495 e. The molecule has 0 aliphatic carbocycles. The summed E-state index contributed by atoms with van der Waals surface area (Å²) in [6.45, 7) is 3.91. The van der Waals surface area contributed by atoms with E-state index in [1.54, 1.807) is 43.3 Å². The highest BCUT2D eigenvalue weighted by molar-refractivity contribution is 6.32. The maximum atomic E-state index is 13.5. The fourth-order valence-electron chi connectivity index (χ4n) is 6.28. The molecule has 5 aromatic carbocycles. The number of azo groups is 2. The first-order chi connectivity index (χ1) is 32.0. The lowest BCUT2D eigenvalue weighted by Gasteiger charge is -2.17. The number of hydrogen-bond acceptors (Lipinski definition) is 12. The third-order valence-electron chi connectivity index (χ3n) is 9.57. The van der Waals surface area contributed by atoms with Crippen LogP contribution in [0.25, 0.3) is 0 Å². The number of alkyl halides is 3. The summed E-state index contributed by atoms with van der Waals surface area (Å²) in [4.78, 5) is 79.0. The van der Waals surface area contributed by atoms with Crippen molar-refractivity contribution in [3.05, 3.63) is 129 Å². The van der Waals surface area contributed by atoms with Crippen LogP contribution in [0, 0.1) is 0 Å². The molecule has 3 unspecified atom stereocenters. The zero-order chi connectivity index (χ0) is 48.9. The van der Waals surface area contributed by atoms with Gasteiger partial charge in [-0.3, -0.25) is 28.8 Å². The first kappa shape index (κ1) is 51.6. The summed E-state index contributed by atoms with van der Waals surface area (Å²) in [6.07, 6.45) is 0. The molecule has 0 radical (unpaired) electrons. The molecule has 0 bridgehead atoms. The number of rotatable bonds is 19. The predicted octanol–water partition coefficient (Wildman–Crippen LogP) is 11.7. The Morgan fingerprint density at radius 1 is 0.597 bits per heavy atom. The molecule has 4 amide bonds. The van der Waals surface area contributed by atoms with Crippen molar-refractivity contribution in [2.75, 3.05) is 35.5 Å². The number of carbonyl (C=O) groups excluding carboxylic acids is 6. The molecule has 67 heavy (non-hydrogen) atoms. The molecule has 0 aromatic heterocycles. The van der Waals surface area contributed by atoms with Gasteiger partial charge in [0.2, 0.25) is 12.1 Å². The van der Waals surface area contributed by atoms with Gasteiger partial charge in [-0.15, -0.1) is 34.8 Å². The molecule has 0 heterocycles. The summed E-state index contributed by atoms with van der Waals surface area (Å²) in [7, 11) is 2.90. The van der Waals surface area contributed by atoms with E-state index in [1.165, 1.54) is 68.8 Å². The number of carbonyl (C=O) groups is 6. The smallest absolute Gasteiger partial charge is 0.258 e. The molecular weight excluding hydrogens is 970 g/mol. The number of hydrogen-bond donors (Lipinski definition) is 4. The van der Waals surface area contributed by atoms with E-state index in [0.717, 1.165) is 13.8 Å². The van der Waals surface area contributed by atoms with Crippen molar-refractivity contribution in [1.82, 2.24) is 0 Å². The van der Waals surface area contributed by atoms with E-state index >= 15 is 0 Å². The Kier molecular flexibility index (Phi) is 18.3. The van der Waals surface area contributed by atoms with E-state index in [0.29, 0.717) is 39.6 Å². The van der Waals surface area contributed by atoms with Crippen LogP contribution in [-0.2, 0) is 30.9 Å². The van der Waals surface area contributed by atoms with Crippen molar-refractivity contribution < 1.29 is 38.2 Å². The number of ketones is 2. The lowest BCUT2D eigenvalue weighted by Crippen LogP contribution is -2.32. The Bertz CT molecular complexity index is 2740. The Morgan fingerprint density at radius 3 is 1.45 bits per heavy atom. The highest BCUT2D eigenvalue weighted by Gasteiger charge is 2.27. The first-order valence-electron chi connectivity index (χ1n) is 19.9. The Labute approximate surface area is 409 Å². The molecule has 4 N–H and O–H groups in total. The summed E-state index contributed by atoms with van der Waals surface area (Å²) in [5.74, 6) is -3.20. The van der Waals surface area contributed by atoms with Crippen molar-refractivity contribution in [1.29, 1.82) is 0 Å². The molecule has 0 spiro atoms. The van der Waals surface area contributed by atoms with E-state index in [-0.39, 0.29) is 55.7 Å². The maximum Gasteiger partial charge on any atom is 0.258 e. The summed E-state index contributed by atoms with van der Waals surface area (Å²) >= 11 is 31.3. The van der Waals surface area contributed by atoms with Gasteiger partial charge in [0.25, 0.3) is 23.6 Å². The molecule has 0 saturated carbocycles. The topological polar surface area (TPSA) is 218 Å². The van der Waals surface area contributed by atoms with Crippen LogP contribution < -0.4 is 30.7 Å². The number of anilines is 4. The second-order valence-electron chi connectivity index (χ2n) is 14.4. The van der Waals surface area contributed by atoms with Gasteiger partial charge in [0.15, 0.2) is 11.6 Å². The lowest BCUT2D eigenvalue weighted by molar-refractivity contribution is -0.127. The molecule has 0 aliphatic rings. The van der Waals surface area contributed by atoms with E-state index in [1.807, 2.05) is 0 Å². The van der Waals surface area contributed by atoms with Crippen LogP contribution in [0.1, 0.15) is 63.6 Å². The van der Waals surface area contributed by atoms with Gasteiger partial charge in [-0.1, -0.05) is 47.5 Å². The number of amides is 4. The normalized spacial score (nSPS) is 12.5. The average molecular weight is 1010 g/mol. The molecule has 3 atom stereocenters. The summed E-state index contributed by atoms with van der Waals surface area (Å²) in [6, 6.07) is 19.6. The molecule has 5 rings (SSSR count). The number of nitrogens with one attached hydrogen (secondary N) is 4. The number of halogens is 5. The van der Waals surface area contributed by atoms with Crippen molar-refractivity contribution in [3.63, 3.8) is 0 Å². The molecule has 21 heteroatoms. The number of nitrogens with zero attached hydrogens (tertiary/aromatic N) is 4. The number of para-hydroxylation sites is 2. The lowest BCUT2D eigenvalue weighted by atomic mass is 10.1. The van der Waals surface area contributed by atoms with Crippen molar-refractivity contribution in [3.8, 4) is 11.5 Å². The molecule has 16 nitrogen and oxygen atoms in total. The van der Waals surface area contributed by atoms with Crippen molar-refractivity contribution in [2.24, 2.45) is 20.5 Å². The quantitative estimate of drug-likeness (QED) is 0.0353. The highest BCUT2D eigenvalue weighted by Crippen LogP contribution is 2.34. The van der Waals surface area contributed by atoms with Crippen LogP contribution in [0.5, 0.6) is 11.5 Å². The van der Waals surface area contributed by atoms with Gasteiger partial charge in [0.1, 0.15) is 11.5 Å². The SMILES string of the molecule is COc1cccc(CCl)c1NC(=O)c1cc(Cl)cc(N=NC(C(C)=O)C(=O)Nc2ccc(NC(=O)C(N=Nc3cc(Cl)cc(C(=O)Nc4c(CCl)cccc4OC)c3)C(C)=O)c(C(C)Cl)c2)c1. The third kappa shape index (κ3) is 13.6. The van der Waals surface area contributed by atoms with E-state index in [9.17, 15) is 28.8 Å². The minimum atomic E-state index is -1.64. The number of methoxy groups -OCH3 is 2. The number of ether oxygens (including phenoxy) is 2. The Hall–Kier alpha value is -6.43. The maximum absolute atomic E-state index is 13.5. The van der Waals surface area contributed by atoms with Gasteiger partial charge >= 0.3 is 0 Å². The monoisotopic (exact) mass is 1010 g/mol. The van der Waals surface area contributed by atoms with Crippen LogP contribution in [-0.4, -0.2) is 61.5 Å². The fourth-order valence-corrected chi connectivity index (χ4v) is 7.36.